The molecule has 0 fully saturated rings. The average molecular weight is 326 g/mol. The molecule has 0 radical (unpaired) electrons. The van der Waals surface area contributed by atoms with E-state index < -0.39 is 18.0 Å². The second-order valence-electron chi connectivity index (χ2n) is 5.31. The summed E-state index contributed by atoms with van der Waals surface area (Å²) in [5.41, 5.74) is 2.80. The van der Waals surface area contributed by atoms with Crippen molar-refractivity contribution in [3.05, 3.63) is 72.4 Å². The van der Waals surface area contributed by atoms with E-state index in [1.165, 1.54) is 0 Å². The van der Waals surface area contributed by atoms with Gasteiger partial charge in [-0.25, -0.2) is 9.59 Å². The third-order valence-electron chi connectivity index (χ3n) is 3.26. The van der Waals surface area contributed by atoms with Gasteiger partial charge in [0.15, 0.2) is 6.10 Å². The van der Waals surface area contributed by atoms with Crippen molar-refractivity contribution in [2.24, 2.45) is 0 Å². The van der Waals surface area contributed by atoms with E-state index in [-0.39, 0.29) is 17.8 Å². The van der Waals surface area contributed by atoms with Crippen LogP contribution in [-0.2, 0) is 19.1 Å². The summed E-state index contributed by atoms with van der Waals surface area (Å²) in [6.45, 7) is 17.6. The first kappa shape index (κ1) is 19.2. The largest absolute Gasteiger partial charge is 0.458 e. The summed E-state index contributed by atoms with van der Waals surface area (Å²) in [4.78, 5) is 23.6. The molecular weight excluding hydrogens is 304 g/mol. The summed E-state index contributed by atoms with van der Waals surface area (Å²) in [6, 6.07) is 5.46. The highest BCUT2D eigenvalue weighted by Gasteiger charge is 2.22. The fraction of sp³-hybridized carbons (Fsp3) is 0.200. The molecule has 0 saturated heterocycles. The monoisotopic (exact) mass is 326 g/mol. The van der Waals surface area contributed by atoms with E-state index in [0.717, 1.165) is 11.1 Å². The molecule has 126 valence electrons. The quantitative estimate of drug-likeness (QED) is 0.529. The summed E-state index contributed by atoms with van der Waals surface area (Å²) in [5, 5.41) is 0. The van der Waals surface area contributed by atoms with E-state index in [1.54, 1.807) is 32.1 Å². The second kappa shape index (κ2) is 8.67. The summed E-state index contributed by atoms with van der Waals surface area (Å²) >= 11 is 0. The topological polar surface area (TPSA) is 52.6 Å². The third-order valence-corrected chi connectivity index (χ3v) is 3.26. The lowest BCUT2D eigenvalue weighted by molar-refractivity contribution is -0.154. The molecule has 0 aliphatic rings. The fourth-order valence-corrected chi connectivity index (χ4v) is 1.99. The van der Waals surface area contributed by atoms with E-state index >= 15 is 0 Å². The SMILES string of the molecule is C=Cc1cccc(C(COC(=O)C(=C)C)OC(=O)C(=C)C)c1C=C. The molecule has 0 aliphatic heterocycles. The molecule has 4 heteroatoms. The zero-order chi connectivity index (χ0) is 18.3. The van der Waals surface area contributed by atoms with E-state index in [1.807, 2.05) is 12.1 Å². The van der Waals surface area contributed by atoms with Crippen LogP contribution in [0, 0.1) is 0 Å². The van der Waals surface area contributed by atoms with E-state index in [9.17, 15) is 9.59 Å². The summed E-state index contributed by atoms with van der Waals surface area (Å²) < 4.78 is 10.6. The highest BCUT2D eigenvalue weighted by atomic mass is 16.6. The summed E-state index contributed by atoms with van der Waals surface area (Å²) in [6.07, 6.45) is 2.54. The van der Waals surface area contributed by atoms with Crippen LogP contribution >= 0.6 is 0 Å². The Bertz CT molecular complexity index is 698. The van der Waals surface area contributed by atoms with E-state index in [2.05, 4.69) is 26.3 Å². The first-order valence-corrected chi connectivity index (χ1v) is 7.38. The van der Waals surface area contributed by atoms with Crippen molar-refractivity contribution in [3.8, 4) is 0 Å². The van der Waals surface area contributed by atoms with Gasteiger partial charge in [-0.1, -0.05) is 56.7 Å². The highest BCUT2D eigenvalue weighted by Crippen LogP contribution is 2.27. The first-order chi connectivity index (χ1) is 11.3. The zero-order valence-corrected chi connectivity index (χ0v) is 14.1. The highest BCUT2D eigenvalue weighted by molar-refractivity contribution is 5.88. The van der Waals surface area contributed by atoms with Crippen LogP contribution in [0.15, 0.2) is 55.7 Å². The maximum absolute atomic E-state index is 11.9. The van der Waals surface area contributed by atoms with Crippen LogP contribution in [0.5, 0.6) is 0 Å². The minimum absolute atomic E-state index is 0.133. The van der Waals surface area contributed by atoms with Gasteiger partial charge in [-0.15, -0.1) is 0 Å². The smallest absolute Gasteiger partial charge is 0.333 e. The van der Waals surface area contributed by atoms with E-state index in [0.29, 0.717) is 5.56 Å². The number of hydrogen-bond acceptors (Lipinski definition) is 4. The van der Waals surface area contributed by atoms with Crippen molar-refractivity contribution in [2.45, 2.75) is 20.0 Å². The van der Waals surface area contributed by atoms with Gasteiger partial charge in [0.25, 0.3) is 0 Å². The Morgan fingerprint density at radius 1 is 1.08 bits per heavy atom. The van der Waals surface area contributed by atoms with Crippen molar-refractivity contribution in [1.29, 1.82) is 0 Å². The number of benzene rings is 1. The molecule has 24 heavy (non-hydrogen) atoms. The van der Waals surface area contributed by atoms with Crippen molar-refractivity contribution in [3.63, 3.8) is 0 Å². The van der Waals surface area contributed by atoms with Gasteiger partial charge in [-0.3, -0.25) is 0 Å². The number of carbonyl (C=O) groups is 2. The number of hydrogen-bond donors (Lipinski definition) is 0. The molecule has 0 bridgehead atoms. The van der Waals surface area contributed by atoms with Crippen LogP contribution in [0.3, 0.4) is 0 Å². The maximum Gasteiger partial charge on any atom is 0.333 e. The standard InChI is InChI=1S/C20H22O4/c1-7-15-10-9-11-17(16(15)8-2)18(24-20(22)14(5)6)12-23-19(21)13(3)4/h7-11,18H,1-3,5,12H2,4,6H3. The van der Waals surface area contributed by atoms with Gasteiger partial charge in [0.2, 0.25) is 0 Å². The van der Waals surface area contributed by atoms with Gasteiger partial charge in [0, 0.05) is 16.7 Å². The van der Waals surface area contributed by atoms with Gasteiger partial charge in [0.05, 0.1) is 0 Å². The molecule has 1 atom stereocenters. The molecule has 1 rings (SSSR count). The number of carbonyl (C=O) groups excluding carboxylic acids is 2. The minimum Gasteiger partial charge on any atom is -0.458 e. The second-order valence-corrected chi connectivity index (χ2v) is 5.31. The molecule has 0 spiro atoms. The average Bonchev–Trinajstić information content (AvgIpc) is 2.56. The Morgan fingerprint density at radius 2 is 1.71 bits per heavy atom. The lowest BCUT2D eigenvalue weighted by atomic mass is 9.97. The normalized spacial score (nSPS) is 11.1. The molecule has 1 aromatic rings. The molecule has 4 nitrogen and oxygen atoms in total. The fourth-order valence-electron chi connectivity index (χ4n) is 1.99. The predicted octanol–water partition coefficient (Wildman–Crippen LogP) is 4.25. The van der Waals surface area contributed by atoms with Crippen molar-refractivity contribution in [1.82, 2.24) is 0 Å². The summed E-state index contributed by atoms with van der Waals surface area (Å²) in [7, 11) is 0. The predicted molar refractivity (Wildman–Crippen MR) is 96.0 cm³/mol. The lowest BCUT2D eigenvalue weighted by Gasteiger charge is -2.21. The van der Waals surface area contributed by atoms with Gasteiger partial charge >= 0.3 is 11.9 Å². The molecule has 0 amide bonds. The van der Waals surface area contributed by atoms with Gasteiger partial charge in [0.1, 0.15) is 6.61 Å². The number of rotatable bonds is 8. The Balaban J connectivity index is 3.21. The zero-order valence-electron chi connectivity index (χ0n) is 14.1. The van der Waals surface area contributed by atoms with Crippen LogP contribution in [0.4, 0.5) is 0 Å². The van der Waals surface area contributed by atoms with Crippen LogP contribution < -0.4 is 0 Å². The van der Waals surface area contributed by atoms with Crippen LogP contribution in [0.2, 0.25) is 0 Å². The van der Waals surface area contributed by atoms with Crippen molar-refractivity contribution >= 4 is 24.1 Å². The first-order valence-electron chi connectivity index (χ1n) is 7.38. The molecular formula is C20H22O4. The maximum atomic E-state index is 11.9. The molecule has 0 heterocycles. The van der Waals surface area contributed by atoms with Gasteiger partial charge in [-0.05, 0) is 25.0 Å². The van der Waals surface area contributed by atoms with Gasteiger partial charge < -0.3 is 9.47 Å². The van der Waals surface area contributed by atoms with Crippen molar-refractivity contribution in [2.75, 3.05) is 6.61 Å². The Labute approximate surface area is 142 Å². The van der Waals surface area contributed by atoms with Gasteiger partial charge in [-0.2, -0.15) is 0 Å². The summed E-state index contributed by atoms with van der Waals surface area (Å²) in [5.74, 6) is -1.11. The molecule has 0 aromatic heterocycles. The third kappa shape index (κ3) is 4.81. The molecule has 0 saturated carbocycles. The Hall–Kier alpha value is -2.88. The number of ether oxygens (including phenoxy) is 2. The molecule has 1 aromatic carbocycles. The minimum atomic E-state index is -0.787. The van der Waals surface area contributed by atoms with Crippen LogP contribution in [0.1, 0.15) is 36.6 Å². The Kier molecular flexibility index (Phi) is 6.93. The van der Waals surface area contributed by atoms with Crippen LogP contribution in [-0.4, -0.2) is 18.5 Å². The molecule has 1 unspecified atom stereocenters. The molecule has 0 aliphatic carbocycles. The lowest BCUT2D eigenvalue weighted by Crippen LogP contribution is -2.20. The van der Waals surface area contributed by atoms with Crippen molar-refractivity contribution < 1.29 is 19.1 Å². The number of esters is 2. The molecule has 0 N–H and O–H groups in total. The van der Waals surface area contributed by atoms with Crippen LogP contribution in [0.25, 0.3) is 12.2 Å². The Morgan fingerprint density at radius 3 is 2.21 bits per heavy atom. The van der Waals surface area contributed by atoms with E-state index in [4.69, 9.17) is 9.47 Å².